The number of ether oxygens (including phenoxy) is 3. The molecule has 0 radical (unpaired) electrons. The van der Waals surface area contributed by atoms with Crippen molar-refractivity contribution >= 4 is 27.3 Å². The number of sulfonamides is 1. The Morgan fingerprint density at radius 1 is 1.15 bits per heavy atom. The van der Waals surface area contributed by atoms with Gasteiger partial charge in [-0.05, 0) is 61.1 Å². The van der Waals surface area contributed by atoms with Crippen molar-refractivity contribution in [3.05, 3.63) is 94.5 Å². The molecule has 1 unspecified atom stereocenters. The highest BCUT2D eigenvalue weighted by Crippen LogP contribution is 2.42. The number of anilines is 1. The van der Waals surface area contributed by atoms with Gasteiger partial charge in [0.15, 0.2) is 0 Å². The van der Waals surface area contributed by atoms with Gasteiger partial charge in [0, 0.05) is 29.7 Å². The lowest BCUT2D eigenvalue weighted by Crippen LogP contribution is -2.41. The molecule has 1 heterocycles. The molecule has 1 atom stereocenters. The molecule has 0 bridgehead atoms. The van der Waals surface area contributed by atoms with Crippen LogP contribution in [-0.2, 0) is 27.8 Å². The first-order valence-corrected chi connectivity index (χ1v) is 14.8. The number of aryl methyl sites for hydroxylation is 1. The summed E-state index contributed by atoms with van der Waals surface area (Å²) in [6, 6.07) is 14.7. The fourth-order valence-electron chi connectivity index (χ4n) is 5.14. The van der Waals surface area contributed by atoms with E-state index in [4.69, 9.17) is 25.8 Å². The first-order valence-electron chi connectivity index (χ1n) is 13.0. The zero-order chi connectivity index (χ0) is 29.2. The topological polar surface area (TPSA) is 65.1 Å². The second-order valence-corrected chi connectivity index (χ2v) is 13.0. The van der Waals surface area contributed by atoms with E-state index < -0.39 is 15.8 Å². The van der Waals surface area contributed by atoms with E-state index in [2.05, 4.69) is 6.58 Å². The molecule has 9 heteroatoms. The van der Waals surface area contributed by atoms with Crippen molar-refractivity contribution in [3.8, 4) is 11.5 Å². The summed E-state index contributed by atoms with van der Waals surface area (Å²) in [5.41, 5.74) is 2.10. The van der Waals surface area contributed by atoms with Crippen LogP contribution < -0.4 is 13.8 Å². The molecule has 3 aromatic carbocycles. The van der Waals surface area contributed by atoms with E-state index in [1.807, 2.05) is 26.8 Å². The summed E-state index contributed by atoms with van der Waals surface area (Å²) in [7, 11) is -0.863. The van der Waals surface area contributed by atoms with Gasteiger partial charge < -0.3 is 14.2 Å². The van der Waals surface area contributed by atoms with E-state index in [0.717, 1.165) is 11.1 Å². The Kier molecular flexibility index (Phi) is 8.71. The predicted octanol–water partition coefficient (Wildman–Crippen LogP) is 7.32. The Hall–Kier alpha value is -3.23. The van der Waals surface area contributed by atoms with Crippen molar-refractivity contribution in [1.82, 2.24) is 0 Å². The van der Waals surface area contributed by atoms with E-state index in [-0.39, 0.29) is 40.0 Å². The standard InChI is InChI=1S/C31H35ClFNO5S/c1-20-10-13-25(16-30(20)38-6)40(35,36)34-18-22(17-31(3,4)21(2)37-5)14-23-11-12-24(15-29(23)34)39-19-26-27(32)8-7-9-28(26)33/h7-13,15-16,22H,2,14,17-19H2,1,3-6H3. The number of allylic oxidation sites excluding steroid dienone is 1. The molecule has 214 valence electrons. The monoisotopic (exact) mass is 587 g/mol. The van der Waals surface area contributed by atoms with Gasteiger partial charge in [-0.25, -0.2) is 12.8 Å². The Balaban J connectivity index is 1.73. The maximum Gasteiger partial charge on any atom is 0.264 e. The third kappa shape index (κ3) is 6.08. The SMILES string of the molecule is C=C(OC)C(C)(C)CC1Cc2ccc(OCc3c(F)cccc3Cl)cc2N(S(=O)(=O)c2ccc(C)c(OC)c2)C1. The predicted molar refractivity (Wildman–Crippen MR) is 156 cm³/mol. The number of methoxy groups -OCH3 is 2. The maximum atomic E-state index is 14.3. The lowest BCUT2D eigenvalue weighted by Gasteiger charge is -2.39. The minimum absolute atomic E-state index is 0.000471. The zero-order valence-corrected chi connectivity index (χ0v) is 25.0. The van der Waals surface area contributed by atoms with Crippen molar-refractivity contribution in [2.24, 2.45) is 11.3 Å². The highest BCUT2D eigenvalue weighted by molar-refractivity contribution is 7.92. The van der Waals surface area contributed by atoms with Gasteiger partial charge in [0.1, 0.15) is 23.9 Å². The molecule has 0 spiro atoms. The highest BCUT2D eigenvalue weighted by atomic mass is 35.5. The van der Waals surface area contributed by atoms with Gasteiger partial charge in [0.05, 0.1) is 35.6 Å². The molecule has 0 fully saturated rings. The summed E-state index contributed by atoms with van der Waals surface area (Å²) < 4.78 is 60.7. The molecule has 3 aromatic rings. The summed E-state index contributed by atoms with van der Waals surface area (Å²) >= 11 is 6.17. The van der Waals surface area contributed by atoms with Crippen molar-refractivity contribution in [3.63, 3.8) is 0 Å². The number of nitrogens with zero attached hydrogens (tertiary/aromatic N) is 1. The summed E-state index contributed by atoms with van der Waals surface area (Å²) in [6.45, 7) is 10.2. The van der Waals surface area contributed by atoms with Crippen LogP contribution in [-0.4, -0.2) is 29.2 Å². The molecule has 1 aliphatic rings. The molecule has 0 aliphatic carbocycles. The quantitative estimate of drug-likeness (QED) is 0.233. The number of benzene rings is 3. The Labute approximate surface area is 241 Å². The lowest BCUT2D eigenvalue weighted by molar-refractivity contribution is 0.169. The lowest BCUT2D eigenvalue weighted by atomic mass is 9.78. The zero-order valence-electron chi connectivity index (χ0n) is 23.5. The van der Waals surface area contributed by atoms with Crippen molar-refractivity contribution < 1.29 is 27.0 Å². The van der Waals surface area contributed by atoms with Crippen LogP contribution in [0, 0.1) is 24.1 Å². The van der Waals surface area contributed by atoms with Crippen LogP contribution >= 0.6 is 11.6 Å². The first kappa shape index (κ1) is 29.7. The molecular weight excluding hydrogens is 553 g/mol. The summed E-state index contributed by atoms with van der Waals surface area (Å²) in [5, 5.41) is 0.263. The third-order valence-corrected chi connectivity index (χ3v) is 9.60. The Bertz CT molecular complexity index is 1500. The largest absolute Gasteiger partial charge is 0.501 e. The number of fused-ring (bicyclic) bond motifs is 1. The van der Waals surface area contributed by atoms with Crippen molar-refractivity contribution in [2.45, 2.75) is 45.1 Å². The van der Waals surface area contributed by atoms with Crippen LogP contribution in [0.2, 0.25) is 5.02 Å². The van der Waals surface area contributed by atoms with Crippen LogP contribution in [0.4, 0.5) is 10.1 Å². The van der Waals surface area contributed by atoms with Crippen LogP contribution in [0.5, 0.6) is 11.5 Å². The number of rotatable bonds is 10. The van der Waals surface area contributed by atoms with Crippen molar-refractivity contribution in [2.75, 3.05) is 25.1 Å². The second-order valence-electron chi connectivity index (χ2n) is 10.7. The summed E-state index contributed by atoms with van der Waals surface area (Å²) in [4.78, 5) is 0.131. The average molecular weight is 588 g/mol. The van der Waals surface area contributed by atoms with Gasteiger partial charge in [-0.1, -0.05) is 50.2 Å². The molecule has 0 saturated heterocycles. The summed E-state index contributed by atoms with van der Waals surface area (Å²) in [6.07, 6.45) is 1.34. The van der Waals surface area contributed by atoms with E-state index >= 15 is 0 Å². The minimum Gasteiger partial charge on any atom is -0.501 e. The first-order chi connectivity index (χ1) is 18.9. The van der Waals surface area contributed by atoms with Crippen LogP contribution in [0.15, 0.2) is 71.8 Å². The molecule has 6 nitrogen and oxygen atoms in total. The number of halogens is 2. The molecule has 4 rings (SSSR count). The van der Waals surface area contributed by atoms with Gasteiger partial charge in [-0.2, -0.15) is 0 Å². The molecule has 0 saturated carbocycles. The van der Waals surface area contributed by atoms with Crippen molar-refractivity contribution in [1.29, 1.82) is 0 Å². The second kappa shape index (κ2) is 11.7. The van der Waals surface area contributed by atoms with Crippen LogP contribution in [0.3, 0.4) is 0 Å². The smallest absolute Gasteiger partial charge is 0.264 e. The highest BCUT2D eigenvalue weighted by Gasteiger charge is 2.37. The minimum atomic E-state index is -3.97. The molecule has 40 heavy (non-hydrogen) atoms. The van der Waals surface area contributed by atoms with Gasteiger partial charge >= 0.3 is 0 Å². The fraction of sp³-hybridized carbons (Fsp3) is 0.355. The van der Waals surface area contributed by atoms with Gasteiger partial charge in [-0.15, -0.1) is 0 Å². The third-order valence-electron chi connectivity index (χ3n) is 7.47. The van der Waals surface area contributed by atoms with Gasteiger partial charge in [0.25, 0.3) is 10.0 Å². The summed E-state index contributed by atoms with van der Waals surface area (Å²) in [5.74, 6) is 1.08. The Morgan fingerprint density at radius 3 is 2.58 bits per heavy atom. The average Bonchev–Trinajstić information content (AvgIpc) is 2.91. The number of hydrogen-bond acceptors (Lipinski definition) is 5. The van der Waals surface area contributed by atoms with E-state index in [1.54, 1.807) is 43.5 Å². The maximum absolute atomic E-state index is 14.3. The molecule has 0 N–H and O–H groups in total. The van der Waals surface area contributed by atoms with E-state index in [1.165, 1.54) is 23.5 Å². The van der Waals surface area contributed by atoms with Gasteiger partial charge in [-0.3, -0.25) is 4.31 Å². The molecule has 0 aromatic heterocycles. The van der Waals surface area contributed by atoms with E-state index in [9.17, 15) is 12.8 Å². The molecular formula is C31H35ClFNO5S. The van der Waals surface area contributed by atoms with Crippen LogP contribution in [0.25, 0.3) is 0 Å². The number of hydrogen-bond donors (Lipinski definition) is 0. The van der Waals surface area contributed by atoms with Gasteiger partial charge in [0.2, 0.25) is 0 Å². The molecule has 0 amide bonds. The van der Waals surface area contributed by atoms with E-state index in [0.29, 0.717) is 35.8 Å². The normalized spacial score (nSPS) is 15.4. The fourth-order valence-corrected chi connectivity index (χ4v) is 6.94. The van der Waals surface area contributed by atoms with Crippen LogP contribution in [0.1, 0.15) is 37.0 Å². The Morgan fingerprint density at radius 2 is 1.90 bits per heavy atom. The molecule has 1 aliphatic heterocycles.